The van der Waals surface area contributed by atoms with Crippen molar-refractivity contribution in [1.82, 2.24) is 4.90 Å². The highest BCUT2D eigenvalue weighted by molar-refractivity contribution is 5.68. The SMILES string of the molecule is C#N.C=CC1CCN(C(=O)OC(C)(C)C)CC1. The van der Waals surface area contributed by atoms with Crippen LogP contribution >= 0.6 is 0 Å². The molecule has 4 heteroatoms. The van der Waals surface area contributed by atoms with Crippen LogP contribution in [0, 0.1) is 17.8 Å². The number of nitriles is 1. The lowest BCUT2D eigenvalue weighted by atomic mass is 9.97. The third kappa shape index (κ3) is 5.96. The lowest BCUT2D eigenvalue weighted by Crippen LogP contribution is -2.41. The smallest absolute Gasteiger partial charge is 0.410 e. The maximum absolute atomic E-state index is 11.7. The maximum Gasteiger partial charge on any atom is 0.410 e. The zero-order chi connectivity index (χ0) is 13.5. The van der Waals surface area contributed by atoms with Gasteiger partial charge >= 0.3 is 6.09 Å². The van der Waals surface area contributed by atoms with Crippen LogP contribution in [0.25, 0.3) is 0 Å². The van der Waals surface area contributed by atoms with Gasteiger partial charge in [0.2, 0.25) is 0 Å². The summed E-state index contributed by atoms with van der Waals surface area (Å²) in [6.07, 6.45) is 3.79. The van der Waals surface area contributed by atoms with Crippen LogP contribution in [0.1, 0.15) is 33.6 Å². The minimum atomic E-state index is -0.396. The fraction of sp³-hybridized carbons (Fsp3) is 0.692. The fourth-order valence-corrected chi connectivity index (χ4v) is 1.64. The molecule has 0 radical (unpaired) electrons. The van der Waals surface area contributed by atoms with Crippen molar-refractivity contribution in [2.24, 2.45) is 5.92 Å². The van der Waals surface area contributed by atoms with Gasteiger partial charge in [-0.2, -0.15) is 0 Å². The zero-order valence-corrected chi connectivity index (χ0v) is 11.0. The summed E-state index contributed by atoms with van der Waals surface area (Å²) in [6, 6.07) is 0. The quantitative estimate of drug-likeness (QED) is 0.660. The van der Waals surface area contributed by atoms with Crippen LogP contribution in [0.3, 0.4) is 0 Å². The standard InChI is InChI=1S/C12H21NO2.CHN/c1-5-10-6-8-13(9-7-10)11(14)15-12(2,3)4;1-2/h5,10H,1,6-9H2,2-4H3;1H. The first-order valence-electron chi connectivity index (χ1n) is 5.78. The average molecular weight is 238 g/mol. The Morgan fingerprint density at radius 1 is 1.41 bits per heavy atom. The predicted octanol–water partition coefficient (Wildman–Crippen LogP) is 2.96. The van der Waals surface area contributed by atoms with Crippen LogP contribution in [-0.4, -0.2) is 29.7 Å². The van der Waals surface area contributed by atoms with Crippen LogP contribution in [0.15, 0.2) is 12.7 Å². The second-order valence-corrected chi connectivity index (χ2v) is 5.04. The zero-order valence-electron chi connectivity index (χ0n) is 11.0. The molecule has 0 bridgehead atoms. The molecule has 1 amide bonds. The molecule has 1 heterocycles. The molecule has 96 valence electrons. The third-order valence-corrected chi connectivity index (χ3v) is 2.52. The number of piperidine rings is 1. The number of allylic oxidation sites excluding steroid dienone is 1. The van der Waals surface area contributed by atoms with Gasteiger partial charge in [0.15, 0.2) is 0 Å². The van der Waals surface area contributed by atoms with Crippen molar-refractivity contribution in [3.05, 3.63) is 12.7 Å². The molecular weight excluding hydrogens is 216 g/mol. The van der Waals surface area contributed by atoms with Crippen molar-refractivity contribution in [3.8, 4) is 6.57 Å². The largest absolute Gasteiger partial charge is 0.444 e. The Kier molecular flexibility index (Phi) is 6.34. The maximum atomic E-state index is 11.7. The Labute approximate surface area is 104 Å². The topological polar surface area (TPSA) is 53.3 Å². The summed E-state index contributed by atoms with van der Waals surface area (Å²) < 4.78 is 5.31. The van der Waals surface area contributed by atoms with Gasteiger partial charge in [0, 0.05) is 19.7 Å². The highest BCUT2D eigenvalue weighted by Crippen LogP contribution is 2.19. The van der Waals surface area contributed by atoms with E-state index in [1.54, 1.807) is 4.90 Å². The normalized spacial score (nSPS) is 16.6. The Morgan fingerprint density at radius 3 is 2.24 bits per heavy atom. The number of nitrogens with zero attached hydrogens (tertiary/aromatic N) is 2. The molecule has 4 nitrogen and oxygen atoms in total. The lowest BCUT2D eigenvalue weighted by molar-refractivity contribution is 0.0197. The molecule has 17 heavy (non-hydrogen) atoms. The molecule has 0 aromatic heterocycles. The van der Waals surface area contributed by atoms with Gasteiger partial charge in [0.25, 0.3) is 0 Å². The van der Waals surface area contributed by atoms with Crippen molar-refractivity contribution in [1.29, 1.82) is 5.26 Å². The van der Waals surface area contributed by atoms with Crippen molar-refractivity contribution < 1.29 is 9.53 Å². The fourth-order valence-electron chi connectivity index (χ4n) is 1.64. The average Bonchev–Trinajstić information content (AvgIpc) is 2.29. The summed E-state index contributed by atoms with van der Waals surface area (Å²) in [7, 11) is 0. The van der Waals surface area contributed by atoms with E-state index in [1.165, 1.54) is 0 Å². The lowest BCUT2D eigenvalue weighted by Gasteiger charge is -2.32. The minimum Gasteiger partial charge on any atom is -0.444 e. The molecule has 0 spiro atoms. The van der Waals surface area contributed by atoms with Crippen molar-refractivity contribution in [3.63, 3.8) is 0 Å². The number of amides is 1. The van der Waals surface area contributed by atoms with E-state index in [-0.39, 0.29) is 6.09 Å². The molecule has 0 aromatic carbocycles. The molecule has 0 atom stereocenters. The molecule has 1 rings (SSSR count). The number of hydrogen-bond donors (Lipinski definition) is 0. The number of hydrogen-bond acceptors (Lipinski definition) is 3. The predicted molar refractivity (Wildman–Crippen MR) is 67.4 cm³/mol. The van der Waals surface area contributed by atoms with E-state index in [0.29, 0.717) is 5.92 Å². The van der Waals surface area contributed by atoms with Crippen LogP contribution in [0.2, 0.25) is 0 Å². The van der Waals surface area contributed by atoms with E-state index < -0.39 is 5.60 Å². The summed E-state index contributed by atoms with van der Waals surface area (Å²) in [6.45, 7) is 14.5. The second-order valence-electron chi connectivity index (χ2n) is 5.04. The highest BCUT2D eigenvalue weighted by Gasteiger charge is 2.25. The molecule has 0 saturated carbocycles. The molecule has 0 aliphatic carbocycles. The Morgan fingerprint density at radius 2 is 1.88 bits per heavy atom. The number of likely N-dealkylation sites (tertiary alicyclic amines) is 1. The van der Waals surface area contributed by atoms with Crippen LogP contribution in [-0.2, 0) is 4.74 Å². The van der Waals surface area contributed by atoms with Gasteiger partial charge in [-0.1, -0.05) is 6.08 Å². The number of ether oxygens (including phenoxy) is 1. The monoisotopic (exact) mass is 238 g/mol. The van der Waals surface area contributed by atoms with Gasteiger partial charge in [-0.15, -0.1) is 6.58 Å². The summed E-state index contributed by atoms with van der Waals surface area (Å²) in [5, 5.41) is 6.50. The first-order chi connectivity index (χ1) is 7.92. The summed E-state index contributed by atoms with van der Waals surface area (Å²) in [4.78, 5) is 13.5. The van der Waals surface area contributed by atoms with Crippen LogP contribution in [0.4, 0.5) is 4.79 Å². The van der Waals surface area contributed by atoms with E-state index in [9.17, 15) is 4.79 Å². The van der Waals surface area contributed by atoms with E-state index in [0.717, 1.165) is 25.9 Å². The van der Waals surface area contributed by atoms with Gasteiger partial charge in [-0.25, -0.2) is 10.1 Å². The molecule has 1 saturated heterocycles. The van der Waals surface area contributed by atoms with Gasteiger partial charge in [-0.3, -0.25) is 0 Å². The van der Waals surface area contributed by atoms with Crippen molar-refractivity contribution in [2.75, 3.05) is 13.1 Å². The molecular formula is C13H22N2O2. The van der Waals surface area contributed by atoms with E-state index in [4.69, 9.17) is 10.00 Å². The minimum absolute atomic E-state index is 0.190. The number of carbonyl (C=O) groups excluding carboxylic acids is 1. The first kappa shape index (κ1) is 15.5. The van der Waals surface area contributed by atoms with Crippen molar-refractivity contribution in [2.45, 2.75) is 39.2 Å². The molecule has 1 aliphatic rings. The van der Waals surface area contributed by atoms with Gasteiger partial charge in [0.05, 0.1) is 0 Å². The van der Waals surface area contributed by atoms with E-state index >= 15 is 0 Å². The Balaban J connectivity index is 0.00000121. The van der Waals surface area contributed by atoms with E-state index in [1.807, 2.05) is 26.8 Å². The summed E-state index contributed by atoms with van der Waals surface area (Å²) in [5.74, 6) is 0.559. The highest BCUT2D eigenvalue weighted by atomic mass is 16.6. The summed E-state index contributed by atoms with van der Waals surface area (Å²) >= 11 is 0. The van der Waals surface area contributed by atoms with Crippen LogP contribution < -0.4 is 0 Å². The molecule has 0 unspecified atom stereocenters. The molecule has 0 aromatic rings. The third-order valence-electron chi connectivity index (χ3n) is 2.52. The molecule has 1 fully saturated rings. The van der Waals surface area contributed by atoms with Crippen LogP contribution in [0.5, 0.6) is 0 Å². The Bertz CT molecular complexity index is 271. The first-order valence-corrected chi connectivity index (χ1v) is 5.78. The van der Waals surface area contributed by atoms with Crippen molar-refractivity contribution >= 4 is 6.09 Å². The molecule has 0 N–H and O–H groups in total. The number of rotatable bonds is 1. The Hall–Kier alpha value is -1.50. The summed E-state index contributed by atoms with van der Waals surface area (Å²) in [5.41, 5.74) is -0.396. The van der Waals surface area contributed by atoms with Gasteiger partial charge < -0.3 is 9.64 Å². The van der Waals surface area contributed by atoms with E-state index in [2.05, 4.69) is 13.2 Å². The second kappa shape index (κ2) is 6.95. The molecule has 1 aliphatic heterocycles. The van der Waals surface area contributed by atoms with Gasteiger partial charge in [-0.05, 0) is 39.5 Å². The number of carbonyl (C=O) groups is 1. The van der Waals surface area contributed by atoms with Gasteiger partial charge in [0.1, 0.15) is 5.60 Å².